The molecule has 0 radical (unpaired) electrons. The van der Waals surface area contributed by atoms with E-state index in [0.717, 1.165) is 25.2 Å². The van der Waals surface area contributed by atoms with E-state index in [2.05, 4.69) is 11.0 Å². The van der Waals surface area contributed by atoms with E-state index < -0.39 is 29.5 Å². The van der Waals surface area contributed by atoms with Crippen LogP contribution in [0.4, 0.5) is 5.69 Å². The minimum atomic E-state index is -0.936. The number of para-hydroxylation sites is 1. The maximum atomic E-state index is 13.4. The molecule has 3 saturated heterocycles. The Kier molecular flexibility index (Phi) is 3.05. The van der Waals surface area contributed by atoms with Crippen molar-refractivity contribution in [3.63, 3.8) is 0 Å². The maximum absolute atomic E-state index is 13.4. The molecule has 1 N–H and O–H groups in total. The lowest BCUT2D eigenvalue weighted by Crippen LogP contribution is -2.50. The first-order valence-electron chi connectivity index (χ1n) is 9.88. The number of nitrogens with zero attached hydrogens (tertiary/aromatic N) is 2. The molecule has 1 amide bonds. The lowest BCUT2D eigenvalue weighted by Gasteiger charge is -2.44. The first kappa shape index (κ1) is 15.8. The van der Waals surface area contributed by atoms with Crippen LogP contribution in [0.25, 0.3) is 0 Å². The summed E-state index contributed by atoms with van der Waals surface area (Å²) in [5.41, 5.74) is 1.32. The topological polar surface area (TPSA) is 70.1 Å². The van der Waals surface area contributed by atoms with Crippen molar-refractivity contribution in [3.8, 4) is 0 Å². The Morgan fingerprint density at radius 2 is 2.00 bits per heavy atom. The first-order chi connectivity index (χ1) is 13.1. The molecule has 0 aliphatic carbocycles. The molecule has 5 aliphatic heterocycles. The molecular weight excluding hydrogens is 344 g/mol. The van der Waals surface area contributed by atoms with Gasteiger partial charge in [-0.1, -0.05) is 30.4 Å². The van der Waals surface area contributed by atoms with Gasteiger partial charge in [-0.25, -0.2) is 0 Å². The van der Waals surface area contributed by atoms with Gasteiger partial charge in [-0.15, -0.1) is 0 Å². The standard InChI is InChI=1S/C21H22N2O4/c24-19-18-17(20(25)26)15-7-8-21(18,27-15)16-11-14(22-9-3-4-10-22)12-5-1-2-6-13(12)23(16)19/h1-2,5-8,14-18H,3-4,9-11H2,(H,25,26)/t14-,15+,16-,17+,18-,21+/m0/s1. The van der Waals surface area contributed by atoms with Gasteiger partial charge < -0.3 is 14.7 Å². The molecule has 0 aromatic heterocycles. The van der Waals surface area contributed by atoms with Gasteiger partial charge in [0.15, 0.2) is 0 Å². The highest BCUT2D eigenvalue weighted by molar-refractivity contribution is 6.04. The number of amides is 1. The number of likely N-dealkylation sites (tertiary alicyclic amines) is 1. The highest BCUT2D eigenvalue weighted by Gasteiger charge is 2.72. The van der Waals surface area contributed by atoms with Gasteiger partial charge in [0.05, 0.1) is 18.1 Å². The van der Waals surface area contributed by atoms with Crippen molar-refractivity contribution in [1.82, 2.24) is 4.90 Å². The number of ether oxygens (including phenoxy) is 1. The van der Waals surface area contributed by atoms with Gasteiger partial charge in [0.1, 0.15) is 11.5 Å². The zero-order valence-corrected chi connectivity index (χ0v) is 15.0. The number of hydrogen-bond donors (Lipinski definition) is 1. The number of rotatable bonds is 2. The number of anilines is 1. The van der Waals surface area contributed by atoms with Crippen LogP contribution in [0.15, 0.2) is 36.4 Å². The average molecular weight is 366 g/mol. The number of aliphatic carboxylic acids is 1. The molecule has 1 aromatic rings. The van der Waals surface area contributed by atoms with Gasteiger partial charge in [-0.3, -0.25) is 14.5 Å². The highest BCUT2D eigenvalue weighted by atomic mass is 16.5. The van der Waals surface area contributed by atoms with Gasteiger partial charge in [-0.05, 0) is 44.0 Å². The quantitative estimate of drug-likeness (QED) is 0.811. The number of fused-ring (bicyclic) bond motifs is 4. The molecule has 1 spiro atoms. The first-order valence-corrected chi connectivity index (χ1v) is 9.88. The molecule has 3 fully saturated rings. The summed E-state index contributed by atoms with van der Waals surface area (Å²) in [6, 6.07) is 8.24. The third-order valence-corrected chi connectivity index (χ3v) is 7.29. The number of carboxylic acids is 1. The third kappa shape index (κ3) is 1.83. The van der Waals surface area contributed by atoms with Crippen molar-refractivity contribution in [1.29, 1.82) is 0 Å². The van der Waals surface area contributed by atoms with Crippen LogP contribution in [-0.2, 0) is 14.3 Å². The van der Waals surface area contributed by atoms with Crippen LogP contribution in [0.2, 0.25) is 0 Å². The van der Waals surface area contributed by atoms with Gasteiger partial charge in [0.25, 0.3) is 0 Å². The van der Waals surface area contributed by atoms with E-state index in [4.69, 9.17) is 4.74 Å². The van der Waals surface area contributed by atoms with Gasteiger partial charge in [0.2, 0.25) is 5.91 Å². The largest absolute Gasteiger partial charge is 0.481 e. The molecule has 1 aromatic carbocycles. The second-order valence-electron chi connectivity index (χ2n) is 8.41. The summed E-state index contributed by atoms with van der Waals surface area (Å²) in [7, 11) is 0. The average Bonchev–Trinajstić information content (AvgIpc) is 3.43. The summed E-state index contributed by atoms with van der Waals surface area (Å²) in [5.74, 6) is -2.44. The predicted molar refractivity (Wildman–Crippen MR) is 97.2 cm³/mol. The molecule has 5 aliphatic rings. The Morgan fingerprint density at radius 1 is 1.22 bits per heavy atom. The fraction of sp³-hybridized carbons (Fsp3) is 0.524. The fourth-order valence-corrected chi connectivity index (χ4v) is 6.23. The molecule has 6 rings (SSSR count). The molecule has 0 unspecified atom stereocenters. The number of hydrogen-bond acceptors (Lipinski definition) is 4. The zero-order chi connectivity index (χ0) is 18.3. The SMILES string of the molecule is O=C(O)[C@H]1[C@H]2C(=O)N3c4ccccc4[C@@H](N4CCCC4)C[C@H]3[C@]23C=C[C@H]1O3. The van der Waals surface area contributed by atoms with Crippen LogP contribution in [0, 0.1) is 11.8 Å². The van der Waals surface area contributed by atoms with Gasteiger partial charge in [-0.2, -0.15) is 0 Å². The zero-order valence-electron chi connectivity index (χ0n) is 15.0. The number of carbonyl (C=O) groups is 2. The lowest BCUT2D eigenvalue weighted by molar-refractivity contribution is -0.146. The molecule has 0 saturated carbocycles. The van der Waals surface area contributed by atoms with Crippen molar-refractivity contribution in [2.24, 2.45) is 11.8 Å². The minimum absolute atomic E-state index is 0.0911. The van der Waals surface area contributed by atoms with E-state index in [1.807, 2.05) is 35.3 Å². The fourth-order valence-electron chi connectivity index (χ4n) is 6.23. The van der Waals surface area contributed by atoms with Crippen molar-refractivity contribution in [2.75, 3.05) is 18.0 Å². The summed E-state index contributed by atoms with van der Waals surface area (Å²) < 4.78 is 6.25. The van der Waals surface area contributed by atoms with Crippen molar-refractivity contribution in [3.05, 3.63) is 42.0 Å². The van der Waals surface area contributed by atoms with E-state index in [9.17, 15) is 14.7 Å². The van der Waals surface area contributed by atoms with Crippen molar-refractivity contribution in [2.45, 2.75) is 43.1 Å². The molecule has 2 bridgehead atoms. The minimum Gasteiger partial charge on any atom is -0.481 e. The molecule has 5 heterocycles. The second-order valence-corrected chi connectivity index (χ2v) is 8.41. The highest BCUT2D eigenvalue weighted by Crippen LogP contribution is 2.59. The molecule has 27 heavy (non-hydrogen) atoms. The summed E-state index contributed by atoms with van der Waals surface area (Å²) in [4.78, 5) is 29.7. The monoisotopic (exact) mass is 366 g/mol. The van der Waals surface area contributed by atoms with Crippen LogP contribution < -0.4 is 4.90 Å². The molecule has 6 atom stereocenters. The van der Waals surface area contributed by atoms with E-state index >= 15 is 0 Å². The Bertz CT molecular complexity index is 877. The Morgan fingerprint density at radius 3 is 2.78 bits per heavy atom. The molecule has 140 valence electrons. The van der Waals surface area contributed by atoms with Crippen LogP contribution in [0.3, 0.4) is 0 Å². The normalized spacial score (nSPS) is 41.7. The summed E-state index contributed by atoms with van der Waals surface area (Å²) in [6.45, 7) is 2.15. The third-order valence-electron chi connectivity index (χ3n) is 7.29. The lowest BCUT2D eigenvalue weighted by atomic mass is 9.73. The van der Waals surface area contributed by atoms with E-state index in [0.29, 0.717) is 0 Å². The van der Waals surface area contributed by atoms with Crippen molar-refractivity contribution >= 4 is 17.6 Å². The van der Waals surface area contributed by atoms with Crippen LogP contribution >= 0.6 is 0 Å². The number of benzene rings is 1. The Labute approximate surface area is 157 Å². The summed E-state index contributed by atoms with van der Waals surface area (Å²) in [5, 5.41) is 9.76. The number of carbonyl (C=O) groups excluding carboxylic acids is 1. The molecular formula is C21H22N2O4. The molecule has 6 nitrogen and oxygen atoms in total. The Balaban J connectivity index is 1.50. The van der Waals surface area contributed by atoms with Gasteiger partial charge in [0, 0.05) is 11.7 Å². The molecule has 6 heteroatoms. The van der Waals surface area contributed by atoms with Crippen LogP contribution in [-0.4, -0.2) is 52.7 Å². The van der Waals surface area contributed by atoms with E-state index in [1.54, 1.807) is 0 Å². The summed E-state index contributed by atoms with van der Waals surface area (Å²) in [6.07, 6.45) is 6.57. The van der Waals surface area contributed by atoms with Crippen LogP contribution in [0.5, 0.6) is 0 Å². The smallest absolute Gasteiger partial charge is 0.310 e. The van der Waals surface area contributed by atoms with Crippen LogP contribution in [0.1, 0.15) is 30.9 Å². The maximum Gasteiger partial charge on any atom is 0.310 e. The van der Waals surface area contributed by atoms with Gasteiger partial charge >= 0.3 is 5.97 Å². The predicted octanol–water partition coefficient (Wildman–Crippen LogP) is 1.97. The van der Waals surface area contributed by atoms with E-state index in [1.165, 1.54) is 18.4 Å². The van der Waals surface area contributed by atoms with Crippen molar-refractivity contribution < 1.29 is 19.4 Å². The Hall–Kier alpha value is -2.18. The number of carboxylic acid groups (broad SMARTS) is 1. The van der Waals surface area contributed by atoms with E-state index in [-0.39, 0.29) is 18.0 Å². The second kappa shape index (κ2) is 5.20. The summed E-state index contributed by atoms with van der Waals surface area (Å²) >= 11 is 0.